The van der Waals surface area contributed by atoms with Gasteiger partial charge in [0, 0.05) is 5.56 Å². The molecule has 0 amide bonds. The molecule has 6 heteroatoms. The minimum Gasteiger partial charge on any atom is -0.495 e. The lowest BCUT2D eigenvalue weighted by molar-refractivity contribution is 0.101. The fraction of sp³-hybridized carbons (Fsp3) is 0.235. The van der Waals surface area contributed by atoms with Crippen LogP contribution >= 0.6 is 0 Å². The number of benzene rings is 2. The standard InChI is InChI=1S/C17H19NO4S/c1-11-8-12(2)17(16(9-11)22-4)18-23(20,21)15-7-5-6-14(10-15)13(3)19/h5-10,18H,1-4H3. The van der Waals surface area contributed by atoms with Crippen molar-refractivity contribution >= 4 is 21.5 Å². The number of hydrogen-bond acceptors (Lipinski definition) is 4. The van der Waals surface area contributed by atoms with Gasteiger partial charge in [0.05, 0.1) is 17.7 Å². The van der Waals surface area contributed by atoms with Crippen molar-refractivity contribution < 1.29 is 17.9 Å². The highest BCUT2D eigenvalue weighted by molar-refractivity contribution is 7.92. The first kappa shape index (κ1) is 17.0. The van der Waals surface area contributed by atoms with Crippen LogP contribution in [0.3, 0.4) is 0 Å². The summed E-state index contributed by atoms with van der Waals surface area (Å²) in [6.45, 7) is 5.11. The normalized spacial score (nSPS) is 11.1. The Labute approximate surface area is 136 Å². The summed E-state index contributed by atoms with van der Waals surface area (Å²) in [7, 11) is -2.33. The first-order valence-corrected chi connectivity index (χ1v) is 8.52. The fourth-order valence-electron chi connectivity index (χ4n) is 2.30. The molecule has 2 aromatic rings. The number of nitrogens with one attached hydrogen (secondary N) is 1. The smallest absolute Gasteiger partial charge is 0.262 e. The van der Waals surface area contributed by atoms with Crippen molar-refractivity contribution in [1.82, 2.24) is 0 Å². The third kappa shape index (κ3) is 3.71. The molecule has 23 heavy (non-hydrogen) atoms. The van der Waals surface area contributed by atoms with Gasteiger partial charge in [-0.1, -0.05) is 18.2 Å². The van der Waals surface area contributed by atoms with E-state index in [4.69, 9.17) is 4.74 Å². The van der Waals surface area contributed by atoms with Crippen molar-refractivity contribution in [2.75, 3.05) is 11.8 Å². The molecule has 0 saturated carbocycles. The molecular weight excluding hydrogens is 314 g/mol. The molecule has 122 valence electrons. The molecule has 0 saturated heterocycles. The molecule has 0 spiro atoms. The molecule has 2 rings (SSSR count). The van der Waals surface area contributed by atoms with E-state index in [-0.39, 0.29) is 10.7 Å². The molecule has 0 heterocycles. The lowest BCUT2D eigenvalue weighted by atomic mass is 10.1. The monoisotopic (exact) mass is 333 g/mol. The highest BCUT2D eigenvalue weighted by Crippen LogP contribution is 2.31. The van der Waals surface area contributed by atoms with Crippen LogP contribution in [-0.4, -0.2) is 21.3 Å². The van der Waals surface area contributed by atoms with Gasteiger partial charge < -0.3 is 4.74 Å². The van der Waals surface area contributed by atoms with Crippen molar-refractivity contribution in [3.8, 4) is 5.75 Å². The lowest BCUT2D eigenvalue weighted by Gasteiger charge is -2.15. The zero-order valence-electron chi connectivity index (χ0n) is 13.5. The van der Waals surface area contributed by atoms with Crippen LogP contribution in [0, 0.1) is 13.8 Å². The molecule has 0 atom stereocenters. The summed E-state index contributed by atoms with van der Waals surface area (Å²) >= 11 is 0. The van der Waals surface area contributed by atoms with Crippen LogP contribution in [-0.2, 0) is 10.0 Å². The summed E-state index contributed by atoms with van der Waals surface area (Å²) < 4.78 is 33.0. The van der Waals surface area contributed by atoms with Gasteiger partial charge in [0.15, 0.2) is 5.78 Å². The highest BCUT2D eigenvalue weighted by atomic mass is 32.2. The van der Waals surface area contributed by atoms with Gasteiger partial charge in [0.2, 0.25) is 0 Å². The number of sulfonamides is 1. The zero-order valence-corrected chi connectivity index (χ0v) is 14.3. The van der Waals surface area contributed by atoms with Crippen LogP contribution in [0.4, 0.5) is 5.69 Å². The van der Waals surface area contributed by atoms with E-state index in [1.54, 1.807) is 25.1 Å². The molecule has 0 aliphatic carbocycles. The third-order valence-corrected chi connectivity index (χ3v) is 4.80. The van der Waals surface area contributed by atoms with Crippen LogP contribution in [0.25, 0.3) is 0 Å². The largest absolute Gasteiger partial charge is 0.495 e. The van der Waals surface area contributed by atoms with E-state index >= 15 is 0 Å². The Morgan fingerprint density at radius 1 is 1.13 bits per heavy atom. The lowest BCUT2D eigenvalue weighted by Crippen LogP contribution is -2.15. The van der Waals surface area contributed by atoms with Crippen LogP contribution in [0.1, 0.15) is 28.4 Å². The average Bonchev–Trinajstić information content (AvgIpc) is 2.49. The van der Waals surface area contributed by atoms with Crippen LogP contribution < -0.4 is 9.46 Å². The van der Waals surface area contributed by atoms with Crippen LogP contribution in [0.15, 0.2) is 41.3 Å². The molecule has 2 aromatic carbocycles. The maximum absolute atomic E-state index is 12.6. The molecule has 0 unspecified atom stereocenters. The van der Waals surface area contributed by atoms with Gasteiger partial charge >= 0.3 is 0 Å². The predicted molar refractivity (Wildman–Crippen MR) is 89.7 cm³/mol. The minimum absolute atomic E-state index is 0.0345. The summed E-state index contributed by atoms with van der Waals surface area (Å²) in [4.78, 5) is 11.5. The molecular formula is C17H19NO4S. The first-order valence-electron chi connectivity index (χ1n) is 7.03. The summed E-state index contributed by atoms with van der Waals surface area (Å²) in [5.41, 5.74) is 2.47. The molecule has 1 N–H and O–H groups in total. The number of aryl methyl sites for hydroxylation is 2. The van der Waals surface area contributed by atoms with E-state index in [1.165, 1.54) is 26.2 Å². The number of rotatable bonds is 5. The van der Waals surface area contributed by atoms with Crippen molar-refractivity contribution in [2.45, 2.75) is 25.7 Å². The number of ether oxygens (including phenoxy) is 1. The number of hydrogen-bond donors (Lipinski definition) is 1. The number of ketones is 1. The van der Waals surface area contributed by atoms with Crippen molar-refractivity contribution in [3.05, 3.63) is 53.1 Å². The molecule has 5 nitrogen and oxygen atoms in total. The van der Waals surface area contributed by atoms with Gasteiger partial charge in [-0.25, -0.2) is 8.42 Å². The van der Waals surface area contributed by atoms with E-state index in [0.717, 1.165) is 11.1 Å². The van der Waals surface area contributed by atoms with Gasteiger partial charge in [-0.05, 0) is 50.1 Å². The number of Topliss-reactive ketones (excluding diaryl/α,β-unsaturated/α-hetero) is 1. The average molecular weight is 333 g/mol. The Balaban J connectivity index is 2.47. The summed E-state index contributed by atoms with van der Waals surface area (Å²) in [5, 5.41) is 0. The highest BCUT2D eigenvalue weighted by Gasteiger charge is 2.19. The van der Waals surface area contributed by atoms with Crippen LogP contribution in [0.2, 0.25) is 0 Å². The predicted octanol–water partition coefficient (Wildman–Crippen LogP) is 3.32. The Kier molecular flexibility index (Phi) is 4.75. The second kappa shape index (κ2) is 6.42. The van der Waals surface area contributed by atoms with Crippen LogP contribution in [0.5, 0.6) is 5.75 Å². The molecule has 0 aromatic heterocycles. The second-order valence-electron chi connectivity index (χ2n) is 5.35. The summed E-state index contributed by atoms with van der Waals surface area (Å²) in [6, 6.07) is 9.57. The van der Waals surface area contributed by atoms with Gasteiger partial charge in [-0.15, -0.1) is 0 Å². The second-order valence-corrected chi connectivity index (χ2v) is 7.03. The van der Waals surface area contributed by atoms with E-state index in [0.29, 0.717) is 17.0 Å². The SMILES string of the molecule is COc1cc(C)cc(C)c1NS(=O)(=O)c1cccc(C(C)=O)c1. The Morgan fingerprint density at radius 2 is 1.83 bits per heavy atom. The van der Waals surface area contributed by atoms with Gasteiger partial charge in [-0.2, -0.15) is 0 Å². The maximum Gasteiger partial charge on any atom is 0.262 e. The van der Waals surface area contributed by atoms with E-state index in [9.17, 15) is 13.2 Å². The topological polar surface area (TPSA) is 72.5 Å². The molecule has 0 aliphatic heterocycles. The Hall–Kier alpha value is -2.34. The summed E-state index contributed by atoms with van der Waals surface area (Å²) in [6.07, 6.45) is 0. The maximum atomic E-state index is 12.6. The number of carbonyl (C=O) groups is 1. The molecule has 0 fully saturated rings. The molecule has 0 radical (unpaired) electrons. The number of methoxy groups -OCH3 is 1. The fourth-order valence-corrected chi connectivity index (χ4v) is 3.48. The minimum atomic E-state index is -3.82. The Morgan fingerprint density at radius 3 is 2.43 bits per heavy atom. The first-order chi connectivity index (χ1) is 10.7. The van der Waals surface area contributed by atoms with E-state index < -0.39 is 10.0 Å². The molecule has 0 bridgehead atoms. The van der Waals surface area contributed by atoms with Gasteiger partial charge in [0.25, 0.3) is 10.0 Å². The van der Waals surface area contributed by atoms with Gasteiger partial charge in [-0.3, -0.25) is 9.52 Å². The quantitative estimate of drug-likeness (QED) is 0.852. The number of anilines is 1. The zero-order chi connectivity index (χ0) is 17.2. The number of carbonyl (C=O) groups excluding carboxylic acids is 1. The van der Waals surface area contributed by atoms with E-state index in [2.05, 4.69) is 4.72 Å². The van der Waals surface area contributed by atoms with Crippen molar-refractivity contribution in [1.29, 1.82) is 0 Å². The van der Waals surface area contributed by atoms with Gasteiger partial charge in [0.1, 0.15) is 5.75 Å². The van der Waals surface area contributed by atoms with Crippen molar-refractivity contribution in [3.63, 3.8) is 0 Å². The Bertz CT molecular complexity index is 857. The molecule has 0 aliphatic rings. The van der Waals surface area contributed by atoms with E-state index in [1.807, 2.05) is 13.0 Å². The summed E-state index contributed by atoms with van der Waals surface area (Å²) in [5.74, 6) is 0.264. The third-order valence-electron chi connectivity index (χ3n) is 3.45. The van der Waals surface area contributed by atoms with Crippen molar-refractivity contribution in [2.24, 2.45) is 0 Å².